The second-order valence-electron chi connectivity index (χ2n) is 9.65. The van der Waals surface area contributed by atoms with Crippen molar-refractivity contribution in [3.8, 4) is 22.4 Å². The third-order valence-corrected chi connectivity index (χ3v) is 7.43. The predicted molar refractivity (Wildman–Crippen MR) is 151 cm³/mol. The van der Waals surface area contributed by atoms with E-state index < -0.39 is 13.1 Å². The Morgan fingerprint density at radius 3 is 1.71 bits per heavy atom. The number of halogens is 2. The molecule has 3 heterocycles. The van der Waals surface area contributed by atoms with Crippen LogP contribution in [0.4, 0.5) is 14.4 Å². The Morgan fingerprint density at radius 2 is 1.13 bits per heavy atom. The maximum absolute atomic E-state index is 17.1. The molecule has 0 fully saturated rings. The topological polar surface area (TPSA) is 20.0 Å². The van der Waals surface area contributed by atoms with Crippen LogP contribution >= 0.6 is 0 Å². The Bertz CT molecular complexity index is 1690. The molecule has 0 radical (unpaired) electrons. The molecule has 0 spiro atoms. The summed E-state index contributed by atoms with van der Waals surface area (Å²) in [4.78, 5) is 0. The van der Waals surface area contributed by atoms with Crippen molar-refractivity contribution in [2.75, 3.05) is 5.32 Å². The van der Waals surface area contributed by atoms with E-state index in [1.807, 2.05) is 133 Å². The molecule has 2 aliphatic rings. The van der Waals surface area contributed by atoms with Crippen LogP contribution in [0.2, 0.25) is 0 Å². The zero-order chi connectivity index (χ0) is 25.7. The minimum Gasteiger partial charge on any atom is -0.390 e. The first-order valence-corrected chi connectivity index (χ1v) is 12.8. The Morgan fingerprint density at radius 1 is 0.632 bits per heavy atom. The van der Waals surface area contributed by atoms with Crippen molar-refractivity contribution in [2.45, 2.75) is 6.17 Å². The summed E-state index contributed by atoms with van der Waals surface area (Å²) in [6, 6.07) is 40.3. The van der Waals surface area contributed by atoms with E-state index in [-0.39, 0.29) is 0 Å². The van der Waals surface area contributed by atoms with Crippen LogP contribution in [0.15, 0.2) is 133 Å². The molecule has 6 heteroatoms. The van der Waals surface area contributed by atoms with Gasteiger partial charge in [-0.25, -0.2) is 0 Å². The summed E-state index contributed by atoms with van der Waals surface area (Å²) in [6.45, 7) is -4.23. The van der Waals surface area contributed by atoms with E-state index in [0.29, 0.717) is 17.2 Å². The van der Waals surface area contributed by atoms with Crippen molar-refractivity contribution in [1.29, 1.82) is 0 Å². The molecule has 0 saturated carbocycles. The van der Waals surface area contributed by atoms with E-state index in [1.54, 1.807) is 0 Å². The standard InChI is InChI=1S/C32H24BF2N3/c34-33(35)37-29(25-17-9-3-10-18-25)21-27(23-13-5-1-6-14-23)31(37)36-32-28(24-15-7-2-8-16-24)22-30(38(32)33)26-19-11-4-12-20-26/h1-22,31,36H. The van der Waals surface area contributed by atoms with Gasteiger partial charge in [-0.2, -0.15) is 0 Å². The average Bonchev–Trinajstić information content (AvgIpc) is 3.56. The second-order valence-corrected chi connectivity index (χ2v) is 9.65. The van der Waals surface area contributed by atoms with Gasteiger partial charge in [-0.1, -0.05) is 109 Å². The number of allylic oxidation sites excluding steroid dienone is 1. The molecule has 0 saturated heterocycles. The third kappa shape index (κ3) is 3.45. The van der Waals surface area contributed by atoms with Crippen molar-refractivity contribution in [2.24, 2.45) is 0 Å². The first kappa shape index (κ1) is 22.5. The molecule has 1 N–H and O–H groups in total. The molecule has 38 heavy (non-hydrogen) atoms. The van der Waals surface area contributed by atoms with Gasteiger partial charge in [-0.05, 0) is 34.9 Å². The maximum atomic E-state index is 17.1. The van der Waals surface area contributed by atoms with E-state index in [2.05, 4.69) is 5.32 Å². The minimum atomic E-state index is -4.23. The highest BCUT2D eigenvalue weighted by molar-refractivity contribution is 6.59. The smallest absolute Gasteiger partial charge is 0.390 e. The maximum Gasteiger partial charge on any atom is 0.735 e. The zero-order valence-electron chi connectivity index (χ0n) is 20.5. The number of nitrogens with zero attached hydrogens (tertiary/aromatic N) is 2. The van der Waals surface area contributed by atoms with Gasteiger partial charge in [-0.3, -0.25) is 0 Å². The zero-order valence-corrected chi connectivity index (χ0v) is 20.5. The fourth-order valence-electron chi connectivity index (χ4n) is 5.71. The predicted octanol–water partition coefficient (Wildman–Crippen LogP) is 7.40. The minimum absolute atomic E-state index is 0.428. The number of anilines is 1. The van der Waals surface area contributed by atoms with Crippen molar-refractivity contribution in [3.05, 3.63) is 145 Å². The molecule has 4 aromatic carbocycles. The lowest BCUT2D eigenvalue weighted by Gasteiger charge is -2.38. The Labute approximate surface area is 220 Å². The SMILES string of the molecule is F[B-]1(F)n2c(-c3ccccc3)cc(-c3ccccc3)c2NC2C(c3ccccc3)=CC(c3ccccc3)=[N+]21. The fraction of sp³-hybridized carbons (Fsp3) is 0.0312. The highest BCUT2D eigenvalue weighted by Crippen LogP contribution is 2.45. The van der Waals surface area contributed by atoms with Crippen LogP contribution in [0.5, 0.6) is 0 Å². The second kappa shape index (κ2) is 8.70. The molecular weight excluding hydrogens is 475 g/mol. The summed E-state index contributed by atoms with van der Waals surface area (Å²) in [7, 11) is 0. The van der Waals surface area contributed by atoms with Gasteiger partial charge < -0.3 is 22.9 Å². The number of hydrogen-bond donors (Lipinski definition) is 1. The molecule has 0 amide bonds. The number of hydrogen-bond acceptors (Lipinski definition) is 1. The summed E-state index contributed by atoms with van der Waals surface area (Å²) in [6.07, 6.45) is 1.19. The van der Waals surface area contributed by atoms with E-state index >= 15 is 8.63 Å². The molecule has 1 atom stereocenters. The molecule has 0 aliphatic carbocycles. The number of benzene rings is 4. The largest absolute Gasteiger partial charge is 0.735 e. The summed E-state index contributed by atoms with van der Waals surface area (Å²) in [5.41, 5.74) is 5.87. The van der Waals surface area contributed by atoms with Gasteiger partial charge in [0.15, 0.2) is 5.71 Å². The molecule has 3 nitrogen and oxygen atoms in total. The quantitative estimate of drug-likeness (QED) is 0.256. The molecule has 2 aliphatic heterocycles. The highest BCUT2D eigenvalue weighted by atomic mass is 19.2. The van der Waals surface area contributed by atoms with Gasteiger partial charge in [0.05, 0.1) is 11.4 Å². The van der Waals surface area contributed by atoms with Crippen molar-refractivity contribution < 1.29 is 13.1 Å². The summed E-state index contributed by atoms with van der Waals surface area (Å²) in [5.74, 6) is 0.428. The van der Waals surface area contributed by atoms with Crippen molar-refractivity contribution in [1.82, 2.24) is 4.48 Å². The summed E-state index contributed by atoms with van der Waals surface area (Å²) >= 11 is 0. The third-order valence-electron chi connectivity index (χ3n) is 7.43. The Hall–Kier alpha value is -4.71. The van der Waals surface area contributed by atoms with Crippen LogP contribution in [0, 0.1) is 0 Å². The van der Waals surface area contributed by atoms with Crippen LogP contribution in [-0.2, 0) is 0 Å². The van der Waals surface area contributed by atoms with Gasteiger partial charge in [-0.15, -0.1) is 0 Å². The Kier molecular flexibility index (Phi) is 5.15. The number of nitrogens with one attached hydrogen (secondary N) is 1. The molecule has 0 bridgehead atoms. The van der Waals surface area contributed by atoms with Crippen LogP contribution in [0.1, 0.15) is 11.1 Å². The van der Waals surface area contributed by atoms with Crippen LogP contribution in [0.3, 0.4) is 0 Å². The Balaban J connectivity index is 1.52. The molecule has 1 unspecified atom stereocenters. The van der Waals surface area contributed by atoms with Crippen LogP contribution in [0.25, 0.3) is 28.0 Å². The average molecular weight is 499 g/mol. The lowest BCUT2D eigenvalue weighted by molar-refractivity contribution is -0.443. The number of fused-ring (bicyclic) bond motifs is 2. The van der Waals surface area contributed by atoms with Crippen LogP contribution in [-0.4, -0.2) is 27.8 Å². The molecule has 1 aromatic heterocycles. The monoisotopic (exact) mass is 499 g/mol. The first-order chi connectivity index (χ1) is 18.6. The van der Waals surface area contributed by atoms with Crippen molar-refractivity contribution in [3.63, 3.8) is 0 Å². The summed E-state index contributed by atoms with van der Waals surface area (Å²) < 4.78 is 36.7. The van der Waals surface area contributed by atoms with E-state index in [9.17, 15) is 0 Å². The normalized spacial score (nSPS) is 17.4. The molecule has 7 rings (SSSR count). The highest BCUT2D eigenvalue weighted by Gasteiger charge is 2.57. The molecular formula is C32H24BF2N3. The van der Waals surface area contributed by atoms with Gasteiger partial charge in [0.2, 0.25) is 6.17 Å². The van der Waals surface area contributed by atoms with E-state index in [1.165, 1.54) is 8.96 Å². The van der Waals surface area contributed by atoms with Gasteiger partial charge >= 0.3 is 6.97 Å². The van der Waals surface area contributed by atoms with E-state index in [4.69, 9.17) is 0 Å². The van der Waals surface area contributed by atoms with Gasteiger partial charge in [0.1, 0.15) is 0 Å². The van der Waals surface area contributed by atoms with Crippen LogP contribution < -0.4 is 5.32 Å². The molecule has 184 valence electrons. The molecule has 5 aromatic rings. The summed E-state index contributed by atoms with van der Waals surface area (Å²) in [5, 5.41) is 3.56. The van der Waals surface area contributed by atoms with Gasteiger partial charge in [0.25, 0.3) is 0 Å². The lowest BCUT2D eigenvalue weighted by Crippen LogP contribution is -2.58. The van der Waals surface area contributed by atoms with E-state index in [0.717, 1.165) is 33.4 Å². The lowest BCUT2D eigenvalue weighted by atomic mass is 9.89. The first-order valence-electron chi connectivity index (χ1n) is 12.8. The fourth-order valence-corrected chi connectivity index (χ4v) is 5.71. The number of aromatic nitrogens is 1. The van der Waals surface area contributed by atoms with Crippen molar-refractivity contribution >= 4 is 24.1 Å². The number of rotatable bonds is 4. The van der Waals surface area contributed by atoms with Gasteiger partial charge in [0, 0.05) is 22.9 Å².